The summed E-state index contributed by atoms with van der Waals surface area (Å²) in [5, 5.41) is 9.72. The maximum atomic E-state index is 9.72. The van der Waals surface area contributed by atoms with Crippen molar-refractivity contribution < 1.29 is 9.84 Å². The van der Waals surface area contributed by atoms with Crippen molar-refractivity contribution in [1.82, 2.24) is 4.98 Å². The molecule has 1 N–H and O–H groups in total. The number of ether oxygens (including phenoxy) is 1. The topological polar surface area (TPSA) is 42.4 Å². The van der Waals surface area contributed by atoms with Crippen LogP contribution >= 0.6 is 27.3 Å². The SMILES string of the molecule is Cc1ncsc1CCOc1cc(Br)ccc1[C@@H](C)O. The van der Waals surface area contributed by atoms with Crippen LogP contribution in [0.2, 0.25) is 0 Å². The number of benzene rings is 1. The Kier molecular flexibility index (Phi) is 4.96. The van der Waals surface area contributed by atoms with E-state index in [0.717, 1.165) is 27.9 Å². The quantitative estimate of drug-likeness (QED) is 0.896. The van der Waals surface area contributed by atoms with Crippen molar-refractivity contribution in [2.24, 2.45) is 0 Å². The summed E-state index contributed by atoms with van der Waals surface area (Å²) in [6, 6.07) is 5.67. The van der Waals surface area contributed by atoms with Crippen molar-refractivity contribution in [2.75, 3.05) is 6.61 Å². The molecule has 0 aliphatic heterocycles. The standard InChI is InChI=1S/C14H16BrNO2S/c1-9-14(19-8-16-9)5-6-18-13-7-11(15)3-4-12(13)10(2)17/h3-4,7-8,10,17H,5-6H2,1-2H3/t10-/m1/s1. The molecule has 0 radical (unpaired) electrons. The second kappa shape index (κ2) is 6.50. The molecule has 1 heterocycles. The van der Waals surface area contributed by atoms with E-state index in [9.17, 15) is 5.11 Å². The van der Waals surface area contributed by atoms with Gasteiger partial charge in [-0.1, -0.05) is 22.0 Å². The highest BCUT2D eigenvalue weighted by molar-refractivity contribution is 9.10. The molecule has 19 heavy (non-hydrogen) atoms. The number of nitrogens with zero attached hydrogens (tertiary/aromatic N) is 1. The van der Waals surface area contributed by atoms with Gasteiger partial charge in [-0.15, -0.1) is 11.3 Å². The number of hydrogen-bond donors (Lipinski definition) is 1. The molecule has 5 heteroatoms. The third kappa shape index (κ3) is 3.78. The van der Waals surface area contributed by atoms with Gasteiger partial charge in [-0.2, -0.15) is 0 Å². The largest absolute Gasteiger partial charge is 0.493 e. The molecule has 1 atom stereocenters. The molecule has 0 unspecified atom stereocenters. The summed E-state index contributed by atoms with van der Waals surface area (Å²) in [7, 11) is 0. The van der Waals surface area contributed by atoms with Gasteiger partial charge in [0.05, 0.1) is 23.9 Å². The molecule has 0 saturated carbocycles. The maximum Gasteiger partial charge on any atom is 0.126 e. The minimum Gasteiger partial charge on any atom is -0.493 e. The van der Waals surface area contributed by atoms with Gasteiger partial charge in [-0.3, -0.25) is 0 Å². The van der Waals surface area contributed by atoms with E-state index in [1.165, 1.54) is 4.88 Å². The zero-order chi connectivity index (χ0) is 13.8. The summed E-state index contributed by atoms with van der Waals surface area (Å²) >= 11 is 5.07. The van der Waals surface area contributed by atoms with Crippen LogP contribution in [0.1, 0.15) is 29.2 Å². The fraction of sp³-hybridized carbons (Fsp3) is 0.357. The Morgan fingerprint density at radius 3 is 2.89 bits per heavy atom. The van der Waals surface area contributed by atoms with Crippen molar-refractivity contribution in [1.29, 1.82) is 0 Å². The number of aliphatic hydroxyl groups excluding tert-OH is 1. The Balaban J connectivity index is 2.03. The first-order chi connectivity index (χ1) is 9.08. The van der Waals surface area contributed by atoms with Crippen molar-refractivity contribution in [3.8, 4) is 5.75 Å². The molecular formula is C14H16BrNO2S. The number of aliphatic hydroxyl groups is 1. The van der Waals surface area contributed by atoms with E-state index in [4.69, 9.17) is 4.74 Å². The Hall–Kier alpha value is -0.910. The van der Waals surface area contributed by atoms with E-state index >= 15 is 0 Å². The first-order valence-electron chi connectivity index (χ1n) is 6.07. The minimum atomic E-state index is -0.534. The maximum absolute atomic E-state index is 9.72. The van der Waals surface area contributed by atoms with E-state index in [1.54, 1.807) is 18.3 Å². The van der Waals surface area contributed by atoms with Gasteiger partial charge < -0.3 is 9.84 Å². The van der Waals surface area contributed by atoms with E-state index in [-0.39, 0.29) is 0 Å². The molecular weight excluding hydrogens is 326 g/mol. The highest BCUT2D eigenvalue weighted by Crippen LogP contribution is 2.28. The van der Waals surface area contributed by atoms with E-state index in [0.29, 0.717) is 6.61 Å². The third-order valence-electron chi connectivity index (χ3n) is 2.86. The monoisotopic (exact) mass is 341 g/mol. The molecule has 1 aromatic carbocycles. The molecule has 0 fully saturated rings. The summed E-state index contributed by atoms with van der Waals surface area (Å²) in [5.41, 5.74) is 3.73. The summed E-state index contributed by atoms with van der Waals surface area (Å²) in [6.45, 7) is 4.33. The summed E-state index contributed by atoms with van der Waals surface area (Å²) in [4.78, 5) is 5.46. The van der Waals surface area contributed by atoms with Gasteiger partial charge in [-0.05, 0) is 26.0 Å². The van der Waals surface area contributed by atoms with Crippen LogP contribution < -0.4 is 4.74 Å². The van der Waals surface area contributed by atoms with Crippen LogP contribution in [-0.4, -0.2) is 16.7 Å². The van der Waals surface area contributed by atoms with Crippen LogP contribution in [0.4, 0.5) is 0 Å². The van der Waals surface area contributed by atoms with Crippen LogP contribution in [0.5, 0.6) is 5.75 Å². The first-order valence-corrected chi connectivity index (χ1v) is 7.74. The van der Waals surface area contributed by atoms with Crippen molar-refractivity contribution in [3.63, 3.8) is 0 Å². The predicted molar refractivity (Wildman–Crippen MR) is 80.8 cm³/mol. The number of hydrogen-bond acceptors (Lipinski definition) is 4. The number of aromatic nitrogens is 1. The fourth-order valence-electron chi connectivity index (χ4n) is 1.80. The lowest BCUT2D eigenvalue weighted by molar-refractivity contribution is 0.191. The zero-order valence-electron chi connectivity index (χ0n) is 10.9. The molecule has 102 valence electrons. The van der Waals surface area contributed by atoms with Gasteiger partial charge in [0, 0.05) is 21.3 Å². The van der Waals surface area contributed by atoms with E-state index < -0.39 is 6.10 Å². The van der Waals surface area contributed by atoms with Gasteiger partial charge in [0.25, 0.3) is 0 Å². The molecule has 0 bridgehead atoms. The Labute approximate surface area is 125 Å². The highest BCUT2D eigenvalue weighted by atomic mass is 79.9. The molecule has 2 aromatic rings. The number of halogens is 1. The molecule has 0 aliphatic rings. The molecule has 2 rings (SSSR count). The van der Waals surface area contributed by atoms with Gasteiger partial charge in [0.15, 0.2) is 0 Å². The van der Waals surface area contributed by atoms with Crippen molar-refractivity contribution >= 4 is 27.3 Å². The lowest BCUT2D eigenvalue weighted by atomic mass is 10.1. The van der Waals surface area contributed by atoms with E-state index in [2.05, 4.69) is 20.9 Å². The third-order valence-corrected chi connectivity index (χ3v) is 4.35. The average Bonchev–Trinajstić information content (AvgIpc) is 2.75. The van der Waals surface area contributed by atoms with Crippen LogP contribution in [0, 0.1) is 6.92 Å². The predicted octanol–water partition coefficient (Wildman–Crippen LogP) is 3.89. The van der Waals surface area contributed by atoms with Gasteiger partial charge >= 0.3 is 0 Å². The van der Waals surface area contributed by atoms with Gasteiger partial charge in [0.2, 0.25) is 0 Å². The lowest BCUT2D eigenvalue weighted by Gasteiger charge is -2.13. The van der Waals surface area contributed by atoms with Gasteiger partial charge in [0.1, 0.15) is 5.75 Å². The summed E-state index contributed by atoms with van der Waals surface area (Å²) < 4.78 is 6.74. The van der Waals surface area contributed by atoms with Crippen LogP contribution in [-0.2, 0) is 6.42 Å². The Morgan fingerprint density at radius 1 is 1.47 bits per heavy atom. The Morgan fingerprint density at radius 2 is 2.26 bits per heavy atom. The summed E-state index contributed by atoms with van der Waals surface area (Å²) in [5.74, 6) is 0.728. The average molecular weight is 342 g/mol. The summed E-state index contributed by atoms with van der Waals surface area (Å²) in [6.07, 6.45) is 0.302. The minimum absolute atomic E-state index is 0.534. The molecule has 0 saturated heterocycles. The number of rotatable bonds is 5. The smallest absolute Gasteiger partial charge is 0.126 e. The van der Waals surface area contributed by atoms with Crippen LogP contribution in [0.25, 0.3) is 0 Å². The van der Waals surface area contributed by atoms with Crippen molar-refractivity contribution in [3.05, 3.63) is 44.3 Å². The van der Waals surface area contributed by atoms with Crippen LogP contribution in [0.15, 0.2) is 28.2 Å². The second-order valence-corrected chi connectivity index (χ2v) is 6.17. The van der Waals surface area contributed by atoms with Gasteiger partial charge in [-0.25, -0.2) is 4.98 Å². The molecule has 3 nitrogen and oxygen atoms in total. The normalized spacial score (nSPS) is 12.4. The molecule has 0 aliphatic carbocycles. The highest BCUT2D eigenvalue weighted by Gasteiger charge is 2.10. The molecule has 0 amide bonds. The Bertz CT molecular complexity index is 554. The number of aryl methyl sites for hydroxylation is 1. The fourth-order valence-corrected chi connectivity index (χ4v) is 2.90. The van der Waals surface area contributed by atoms with Crippen LogP contribution in [0.3, 0.4) is 0 Å². The number of thiazole rings is 1. The van der Waals surface area contributed by atoms with Crippen molar-refractivity contribution in [2.45, 2.75) is 26.4 Å². The lowest BCUT2D eigenvalue weighted by Crippen LogP contribution is -2.04. The van der Waals surface area contributed by atoms with E-state index in [1.807, 2.05) is 30.6 Å². The first kappa shape index (κ1) is 14.5. The molecule has 0 spiro atoms. The second-order valence-electron chi connectivity index (χ2n) is 4.32. The zero-order valence-corrected chi connectivity index (χ0v) is 13.3. The molecule has 1 aromatic heterocycles.